The third-order valence-electron chi connectivity index (χ3n) is 3.01. The van der Waals surface area contributed by atoms with E-state index >= 15 is 0 Å². The van der Waals surface area contributed by atoms with Crippen LogP contribution in [-0.2, 0) is 4.79 Å². The van der Waals surface area contributed by atoms with E-state index in [-0.39, 0.29) is 11.3 Å². The molecule has 1 saturated carbocycles. The fraction of sp³-hybridized carbons (Fsp3) is 0.900. The summed E-state index contributed by atoms with van der Waals surface area (Å²) in [6.07, 6.45) is 2.83. The molecule has 1 aliphatic carbocycles. The molecule has 0 bridgehead atoms. The monoisotopic (exact) mass is 170 g/mol. The zero-order chi connectivity index (χ0) is 9.35. The maximum atomic E-state index is 10.7. The van der Waals surface area contributed by atoms with Crippen LogP contribution >= 0.6 is 0 Å². The van der Waals surface area contributed by atoms with E-state index in [0.717, 1.165) is 19.3 Å². The Morgan fingerprint density at radius 1 is 1.33 bits per heavy atom. The number of aliphatic carboxylic acids is 1. The SMILES string of the molecule is CC(C)(C)[C@H]1CCC(C(=O)O)C1. The van der Waals surface area contributed by atoms with Crippen molar-refractivity contribution in [3.05, 3.63) is 0 Å². The molecule has 2 atom stereocenters. The third-order valence-corrected chi connectivity index (χ3v) is 3.01. The lowest BCUT2D eigenvalue weighted by Crippen LogP contribution is -2.18. The first-order valence-electron chi connectivity index (χ1n) is 4.64. The fourth-order valence-corrected chi connectivity index (χ4v) is 1.99. The smallest absolute Gasteiger partial charge is 0.306 e. The molecule has 0 aromatic carbocycles. The molecule has 70 valence electrons. The summed E-state index contributed by atoms with van der Waals surface area (Å²) in [7, 11) is 0. The van der Waals surface area contributed by atoms with E-state index in [1.807, 2.05) is 0 Å². The van der Waals surface area contributed by atoms with Crippen LogP contribution < -0.4 is 0 Å². The van der Waals surface area contributed by atoms with Gasteiger partial charge in [-0.05, 0) is 30.6 Å². The van der Waals surface area contributed by atoms with Crippen molar-refractivity contribution in [2.24, 2.45) is 17.3 Å². The Morgan fingerprint density at radius 3 is 2.17 bits per heavy atom. The predicted molar refractivity (Wildman–Crippen MR) is 47.9 cm³/mol. The summed E-state index contributed by atoms with van der Waals surface area (Å²) in [6, 6.07) is 0. The lowest BCUT2D eigenvalue weighted by atomic mass is 9.79. The van der Waals surface area contributed by atoms with Crippen LogP contribution in [0.5, 0.6) is 0 Å². The standard InChI is InChI=1S/C10H18O2/c1-10(2,3)8-5-4-7(6-8)9(11)12/h7-8H,4-6H2,1-3H3,(H,11,12)/t7?,8-/m0/s1. The van der Waals surface area contributed by atoms with Crippen LogP contribution in [0.2, 0.25) is 0 Å². The Balaban J connectivity index is 2.51. The first-order valence-corrected chi connectivity index (χ1v) is 4.64. The zero-order valence-corrected chi connectivity index (χ0v) is 8.13. The van der Waals surface area contributed by atoms with E-state index in [1.165, 1.54) is 0 Å². The molecular formula is C10H18O2. The van der Waals surface area contributed by atoms with Gasteiger partial charge in [0.2, 0.25) is 0 Å². The van der Waals surface area contributed by atoms with Gasteiger partial charge in [0.25, 0.3) is 0 Å². The topological polar surface area (TPSA) is 37.3 Å². The summed E-state index contributed by atoms with van der Waals surface area (Å²) < 4.78 is 0. The first kappa shape index (κ1) is 9.56. The molecule has 0 radical (unpaired) electrons. The van der Waals surface area contributed by atoms with Gasteiger partial charge in [0, 0.05) is 0 Å². The van der Waals surface area contributed by atoms with E-state index in [0.29, 0.717) is 5.92 Å². The van der Waals surface area contributed by atoms with Gasteiger partial charge in [-0.1, -0.05) is 20.8 Å². The van der Waals surface area contributed by atoms with Crippen LogP contribution in [0.15, 0.2) is 0 Å². The van der Waals surface area contributed by atoms with Gasteiger partial charge in [0.05, 0.1) is 5.92 Å². The molecule has 1 N–H and O–H groups in total. The largest absolute Gasteiger partial charge is 0.481 e. The predicted octanol–water partition coefficient (Wildman–Crippen LogP) is 2.53. The van der Waals surface area contributed by atoms with Crippen molar-refractivity contribution >= 4 is 5.97 Å². The normalized spacial score (nSPS) is 30.6. The van der Waals surface area contributed by atoms with Gasteiger partial charge in [-0.3, -0.25) is 4.79 Å². The number of carboxylic acids is 1. The van der Waals surface area contributed by atoms with Crippen LogP contribution in [0.3, 0.4) is 0 Å². The molecule has 0 amide bonds. The Morgan fingerprint density at radius 2 is 1.92 bits per heavy atom. The molecule has 12 heavy (non-hydrogen) atoms. The summed E-state index contributed by atoms with van der Waals surface area (Å²) in [5, 5.41) is 8.80. The van der Waals surface area contributed by atoms with E-state index in [1.54, 1.807) is 0 Å². The molecule has 0 heterocycles. The average Bonchev–Trinajstić information content (AvgIpc) is 2.30. The van der Waals surface area contributed by atoms with Gasteiger partial charge >= 0.3 is 5.97 Å². The lowest BCUT2D eigenvalue weighted by molar-refractivity contribution is -0.141. The van der Waals surface area contributed by atoms with Crippen molar-refractivity contribution < 1.29 is 9.90 Å². The molecule has 0 aliphatic heterocycles. The summed E-state index contributed by atoms with van der Waals surface area (Å²) in [5.41, 5.74) is 0.282. The quantitative estimate of drug-likeness (QED) is 0.656. The molecule has 1 aliphatic rings. The second-order valence-corrected chi connectivity index (χ2v) is 4.91. The van der Waals surface area contributed by atoms with Gasteiger partial charge in [-0.2, -0.15) is 0 Å². The molecule has 2 heteroatoms. The second-order valence-electron chi connectivity index (χ2n) is 4.91. The Bertz CT molecular complexity index is 179. The van der Waals surface area contributed by atoms with Crippen LogP contribution in [0.1, 0.15) is 40.0 Å². The molecular weight excluding hydrogens is 152 g/mol. The van der Waals surface area contributed by atoms with Crippen molar-refractivity contribution in [3.63, 3.8) is 0 Å². The number of carbonyl (C=O) groups is 1. The Hall–Kier alpha value is -0.530. The molecule has 0 aromatic heterocycles. The average molecular weight is 170 g/mol. The maximum absolute atomic E-state index is 10.7. The van der Waals surface area contributed by atoms with Gasteiger partial charge in [0.1, 0.15) is 0 Å². The van der Waals surface area contributed by atoms with E-state index < -0.39 is 5.97 Å². The first-order chi connectivity index (χ1) is 5.41. The molecule has 2 nitrogen and oxygen atoms in total. The van der Waals surface area contributed by atoms with Crippen molar-refractivity contribution in [1.82, 2.24) is 0 Å². The highest BCUT2D eigenvalue weighted by Crippen LogP contribution is 2.41. The van der Waals surface area contributed by atoms with Gasteiger partial charge in [0.15, 0.2) is 0 Å². The summed E-state index contributed by atoms with van der Waals surface area (Å²) >= 11 is 0. The van der Waals surface area contributed by atoms with Crippen LogP contribution in [0, 0.1) is 17.3 Å². The minimum absolute atomic E-state index is 0.0748. The van der Waals surface area contributed by atoms with Gasteiger partial charge in [-0.25, -0.2) is 0 Å². The minimum Gasteiger partial charge on any atom is -0.481 e. The van der Waals surface area contributed by atoms with E-state index in [2.05, 4.69) is 20.8 Å². The van der Waals surface area contributed by atoms with Crippen molar-refractivity contribution in [1.29, 1.82) is 0 Å². The Kier molecular flexibility index (Phi) is 2.45. The van der Waals surface area contributed by atoms with Gasteiger partial charge < -0.3 is 5.11 Å². The third kappa shape index (κ3) is 1.99. The number of hydrogen-bond donors (Lipinski definition) is 1. The van der Waals surface area contributed by atoms with Crippen LogP contribution in [0.4, 0.5) is 0 Å². The highest BCUT2D eigenvalue weighted by molar-refractivity contribution is 5.70. The summed E-state index contributed by atoms with van der Waals surface area (Å²) in [5.74, 6) is -0.0884. The van der Waals surface area contributed by atoms with E-state index in [9.17, 15) is 4.79 Å². The fourth-order valence-electron chi connectivity index (χ4n) is 1.99. The van der Waals surface area contributed by atoms with Crippen molar-refractivity contribution in [2.45, 2.75) is 40.0 Å². The molecule has 1 unspecified atom stereocenters. The molecule has 0 spiro atoms. The molecule has 0 saturated heterocycles. The Labute approximate surface area is 74.0 Å². The zero-order valence-electron chi connectivity index (χ0n) is 8.13. The maximum Gasteiger partial charge on any atom is 0.306 e. The van der Waals surface area contributed by atoms with Crippen LogP contribution in [0.25, 0.3) is 0 Å². The van der Waals surface area contributed by atoms with Gasteiger partial charge in [-0.15, -0.1) is 0 Å². The lowest BCUT2D eigenvalue weighted by Gasteiger charge is -2.26. The minimum atomic E-state index is -0.609. The second kappa shape index (κ2) is 3.08. The number of rotatable bonds is 1. The van der Waals surface area contributed by atoms with E-state index in [4.69, 9.17) is 5.11 Å². The molecule has 1 rings (SSSR count). The molecule has 1 fully saturated rings. The van der Waals surface area contributed by atoms with Crippen LogP contribution in [-0.4, -0.2) is 11.1 Å². The van der Waals surface area contributed by atoms with Crippen molar-refractivity contribution in [2.75, 3.05) is 0 Å². The highest BCUT2D eigenvalue weighted by atomic mass is 16.4. The number of carboxylic acid groups (broad SMARTS) is 1. The summed E-state index contributed by atoms with van der Waals surface area (Å²) in [4.78, 5) is 10.7. The highest BCUT2D eigenvalue weighted by Gasteiger charge is 2.35. The molecule has 0 aromatic rings. The number of hydrogen-bond acceptors (Lipinski definition) is 1. The van der Waals surface area contributed by atoms with Crippen molar-refractivity contribution in [3.8, 4) is 0 Å². The summed E-state index contributed by atoms with van der Waals surface area (Å²) in [6.45, 7) is 6.59.